The van der Waals surface area contributed by atoms with Crippen LogP contribution in [0.5, 0.6) is 0 Å². The first-order chi connectivity index (χ1) is 5.87. The average Bonchev–Trinajstić information content (AvgIpc) is 2.05. The largest absolute Gasteiger partial charge is 0.380 e. The molecule has 2 heteroatoms. The SMILES string of the molecule is SCC1(C2CCCCC2)COC1. The Morgan fingerprint density at radius 1 is 1.17 bits per heavy atom. The molecule has 2 fully saturated rings. The van der Waals surface area contributed by atoms with E-state index < -0.39 is 0 Å². The van der Waals surface area contributed by atoms with E-state index in [-0.39, 0.29) is 0 Å². The minimum Gasteiger partial charge on any atom is -0.380 e. The lowest BCUT2D eigenvalue weighted by molar-refractivity contribution is -0.137. The Labute approximate surface area is 80.3 Å². The quantitative estimate of drug-likeness (QED) is 0.652. The van der Waals surface area contributed by atoms with Gasteiger partial charge in [-0.3, -0.25) is 0 Å². The first kappa shape index (κ1) is 8.89. The number of hydrogen-bond donors (Lipinski definition) is 1. The van der Waals surface area contributed by atoms with Crippen molar-refractivity contribution >= 4 is 12.6 Å². The predicted octanol–water partition coefficient (Wildman–Crippen LogP) is 2.51. The molecule has 0 aromatic heterocycles. The van der Waals surface area contributed by atoms with Gasteiger partial charge in [0.2, 0.25) is 0 Å². The maximum atomic E-state index is 5.33. The van der Waals surface area contributed by atoms with Gasteiger partial charge < -0.3 is 4.74 Å². The van der Waals surface area contributed by atoms with Gasteiger partial charge in [-0.1, -0.05) is 19.3 Å². The molecule has 1 saturated heterocycles. The molecule has 2 rings (SSSR count). The van der Waals surface area contributed by atoms with Crippen LogP contribution in [0.15, 0.2) is 0 Å². The van der Waals surface area contributed by atoms with Gasteiger partial charge in [0.1, 0.15) is 0 Å². The fourth-order valence-electron chi connectivity index (χ4n) is 2.54. The lowest BCUT2D eigenvalue weighted by Gasteiger charge is -2.48. The summed E-state index contributed by atoms with van der Waals surface area (Å²) in [4.78, 5) is 0. The van der Waals surface area contributed by atoms with Crippen molar-refractivity contribution in [1.29, 1.82) is 0 Å². The molecular formula is C10H18OS. The molecular weight excluding hydrogens is 168 g/mol. The van der Waals surface area contributed by atoms with Crippen LogP contribution >= 0.6 is 12.6 Å². The van der Waals surface area contributed by atoms with Crippen molar-refractivity contribution in [1.82, 2.24) is 0 Å². The van der Waals surface area contributed by atoms with Gasteiger partial charge in [-0.15, -0.1) is 0 Å². The zero-order valence-electron chi connectivity index (χ0n) is 7.59. The van der Waals surface area contributed by atoms with Crippen molar-refractivity contribution in [3.05, 3.63) is 0 Å². The van der Waals surface area contributed by atoms with Crippen molar-refractivity contribution in [2.75, 3.05) is 19.0 Å². The molecule has 1 heterocycles. The second-order valence-corrected chi connectivity index (χ2v) is 4.66. The smallest absolute Gasteiger partial charge is 0.0555 e. The van der Waals surface area contributed by atoms with Crippen LogP contribution < -0.4 is 0 Å². The number of rotatable bonds is 2. The Hall–Kier alpha value is 0.310. The van der Waals surface area contributed by atoms with Gasteiger partial charge >= 0.3 is 0 Å². The van der Waals surface area contributed by atoms with E-state index >= 15 is 0 Å². The Kier molecular flexibility index (Phi) is 2.66. The highest BCUT2D eigenvalue weighted by atomic mass is 32.1. The van der Waals surface area contributed by atoms with Gasteiger partial charge in [-0.25, -0.2) is 0 Å². The van der Waals surface area contributed by atoms with Gasteiger partial charge in [-0.05, 0) is 18.8 Å². The zero-order chi connectivity index (χ0) is 8.44. The number of ether oxygens (including phenoxy) is 1. The van der Waals surface area contributed by atoms with Crippen LogP contribution in [-0.4, -0.2) is 19.0 Å². The molecule has 0 aromatic rings. The molecule has 1 aliphatic heterocycles. The average molecular weight is 186 g/mol. The molecule has 0 spiro atoms. The van der Waals surface area contributed by atoms with Crippen molar-refractivity contribution < 1.29 is 4.74 Å². The highest BCUT2D eigenvalue weighted by Gasteiger charge is 2.44. The minimum atomic E-state index is 0.476. The third kappa shape index (κ3) is 1.39. The maximum Gasteiger partial charge on any atom is 0.0555 e. The Morgan fingerprint density at radius 3 is 2.25 bits per heavy atom. The molecule has 0 N–H and O–H groups in total. The minimum absolute atomic E-state index is 0.476. The van der Waals surface area contributed by atoms with Crippen molar-refractivity contribution in [2.45, 2.75) is 32.1 Å². The molecule has 0 unspecified atom stereocenters. The van der Waals surface area contributed by atoms with Crippen LogP contribution in [0.25, 0.3) is 0 Å². The fourth-order valence-corrected chi connectivity index (χ4v) is 2.98. The highest BCUT2D eigenvalue weighted by Crippen LogP contribution is 2.44. The molecule has 12 heavy (non-hydrogen) atoms. The number of hydrogen-bond acceptors (Lipinski definition) is 2. The fraction of sp³-hybridized carbons (Fsp3) is 1.00. The van der Waals surface area contributed by atoms with Crippen LogP contribution in [0.1, 0.15) is 32.1 Å². The van der Waals surface area contributed by atoms with Crippen LogP contribution in [0.2, 0.25) is 0 Å². The second-order valence-electron chi connectivity index (χ2n) is 4.35. The molecule has 1 saturated carbocycles. The van der Waals surface area contributed by atoms with E-state index in [1.54, 1.807) is 0 Å². The summed E-state index contributed by atoms with van der Waals surface area (Å²) in [5, 5.41) is 0. The first-order valence-electron chi connectivity index (χ1n) is 5.06. The van der Waals surface area contributed by atoms with E-state index in [0.717, 1.165) is 24.9 Å². The molecule has 0 bridgehead atoms. The predicted molar refractivity (Wildman–Crippen MR) is 53.7 cm³/mol. The molecule has 0 aromatic carbocycles. The van der Waals surface area contributed by atoms with Crippen molar-refractivity contribution in [3.63, 3.8) is 0 Å². The van der Waals surface area contributed by atoms with Crippen molar-refractivity contribution in [3.8, 4) is 0 Å². The maximum absolute atomic E-state index is 5.33. The molecule has 1 aliphatic carbocycles. The second kappa shape index (κ2) is 3.59. The van der Waals surface area contributed by atoms with Crippen LogP contribution in [0.3, 0.4) is 0 Å². The van der Waals surface area contributed by atoms with Gasteiger partial charge in [0.05, 0.1) is 13.2 Å². The summed E-state index contributed by atoms with van der Waals surface area (Å²) in [6.07, 6.45) is 7.15. The van der Waals surface area contributed by atoms with Gasteiger partial charge in [0.15, 0.2) is 0 Å². The molecule has 1 nitrogen and oxygen atoms in total. The summed E-state index contributed by atoms with van der Waals surface area (Å²) < 4.78 is 5.33. The Bertz CT molecular complexity index is 142. The van der Waals surface area contributed by atoms with Crippen molar-refractivity contribution in [2.24, 2.45) is 11.3 Å². The summed E-state index contributed by atoms with van der Waals surface area (Å²) in [5.74, 6) is 1.94. The monoisotopic (exact) mass is 186 g/mol. The van der Waals surface area contributed by atoms with Crippen LogP contribution in [-0.2, 0) is 4.74 Å². The summed E-state index contributed by atoms with van der Waals surface area (Å²) in [5.41, 5.74) is 0.476. The normalized spacial score (nSPS) is 29.8. The van der Waals surface area contributed by atoms with E-state index in [4.69, 9.17) is 4.74 Å². The van der Waals surface area contributed by atoms with Crippen LogP contribution in [0, 0.1) is 11.3 Å². The van der Waals surface area contributed by atoms with E-state index in [9.17, 15) is 0 Å². The summed E-state index contributed by atoms with van der Waals surface area (Å²) >= 11 is 4.46. The van der Waals surface area contributed by atoms with Gasteiger partial charge in [-0.2, -0.15) is 12.6 Å². The lowest BCUT2D eigenvalue weighted by atomic mass is 9.68. The first-order valence-corrected chi connectivity index (χ1v) is 5.69. The molecule has 70 valence electrons. The highest BCUT2D eigenvalue weighted by molar-refractivity contribution is 7.80. The lowest BCUT2D eigenvalue weighted by Crippen LogP contribution is -2.50. The summed E-state index contributed by atoms with van der Waals surface area (Å²) in [6.45, 7) is 1.95. The van der Waals surface area contributed by atoms with E-state index in [2.05, 4.69) is 12.6 Å². The standard InChI is InChI=1S/C10H18OS/c12-8-10(6-11-7-10)9-4-2-1-3-5-9/h9,12H,1-8H2. The van der Waals surface area contributed by atoms with E-state index in [0.29, 0.717) is 5.41 Å². The third-order valence-corrected chi connectivity index (χ3v) is 4.19. The molecule has 0 atom stereocenters. The van der Waals surface area contributed by atoms with Gasteiger partial charge in [0.25, 0.3) is 0 Å². The zero-order valence-corrected chi connectivity index (χ0v) is 8.48. The Morgan fingerprint density at radius 2 is 1.83 bits per heavy atom. The van der Waals surface area contributed by atoms with Gasteiger partial charge in [0, 0.05) is 11.2 Å². The summed E-state index contributed by atoms with van der Waals surface area (Å²) in [7, 11) is 0. The van der Waals surface area contributed by atoms with E-state index in [1.165, 1.54) is 32.1 Å². The summed E-state index contributed by atoms with van der Waals surface area (Å²) in [6, 6.07) is 0. The number of thiol groups is 1. The van der Waals surface area contributed by atoms with E-state index in [1.807, 2.05) is 0 Å². The molecule has 0 amide bonds. The molecule has 2 aliphatic rings. The van der Waals surface area contributed by atoms with Crippen LogP contribution in [0.4, 0.5) is 0 Å². The Balaban J connectivity index is 1.95. The molecule has 0 radical (unpaired) electrons. The topological polar surface area (TPSA) is 9.23 Å². The third-order valence-electron chi connectivity index (χ3n) is 3.57.